The molecule has 0 radical (unpaired) electrons. The molecule has 1 aliphatic heterocycles. The molecule has 6 N–H and O–H groups in total. The van der Waals surface area contributed by atoms with Crippen molar-refractivity contribution in [3.63, 3.8) is 0 Å². The highest BCUT2D eigenvalue weighted by atomic mass is 19.1. The fraction of sp³-hybridized carbons (Fsp3) is 0.526. The van der Waals surface area contributed by atoms with Crippen LogP contribution in [0, 0.1) is 33.6 Å². The summed E-state index contributed by atoms with van der Waals surface area (Å²) in [4.78, 5) is 15.2. The van der Waals surface area contributed by atoms with Crippen molar-refractivity contribution in [3.05, 3.63) is 57.4 Å². The Bertz CT molecular complexity index is 823. The first kappa shape index (κ1) is 21.1. The summed E-state index contributed by atoms with van der Waals surface area (Å²) in [6, 6.07) is 3.24. The lowest BCUT2D eigenvalue weighted by Gasteiger charge is -2.37. The Kier molecular flexibility index (Phi) is 6.43. The van der Waals surface area contributed by atoms with Gasteiger partial charge in [-0.2, -0.15) is 0 Å². The zero-order valence-corrected chi connectivity index (χ0v) is 16.0. The number of nitrogens with one attached hydrogen (secondary N) is 2. The van der Waals surface area contributed by atoms with Gasteiger partial charge in [0.1, 0.15) is 11.6 Å². The van der Waals surface area contributed by atoms with Gasteiger partial charge in [-0.15, -0.1) is 0 Å². The van der Waals surface area contributed by atoms with Crippen LogP contribution in [0.15, 0.2) is 35.1 Å². The van der Waals surface area contributed by atoms with E-state index in [0.29, 0.717) is 18.9 Å². The van der Waals surface area contributed by atoms with E-state index in [-0.39, 0.29) is 29.7 Å². The topological polar surface area (TPSA) is 132 Å². The molecule has 0 spiro atoms. The van der Waals surface area contributed by atoms with Crippen LogP contribution in [0.2, 0.25) is 0 Å². The van der Waals surface area contributed by atoms with Gasteiger partial charge in [-0.05, 0) is 56.6 Å². The monoisotopic (exact) mass is 408 g/mol. The number of rotatable bonds is 6. The Balaban J connectivity index is 1.73. The van der Waals surface area contributed by atoms with Crippen LogP contribution in [0.5, 0.6) is 0 Å². The third-order valence-electron chi connectivity index (χ3n) is 5.67. The van der Waals surface area contributed by atoms with Crippen molar-refractivity contribution in [1.82, 2.24) is 10.6 Å². The van der Waals surface area contributed by atoms with E-state index in [1.807, 2.05) is 0 Å². The molecule has 1 saturated carbocycles. The molecule has 29 heavy (non-hydrogen) atoms. The molecule has 1 atom stereocenters. The second-order valence-electron chi connectivity index (χ2n) is 7.75. The zero-order chi connectivity index (χ0) is 21.0. The maximum Gasteiger partial charge on any atom is 0.301 e. The van der Waals surface area contributed by atoms with E-state index in [0.717, 1.165) is 37.8 Å². The number of hydrogen-bond acceptors (Lipinski definition) is 5. The smallest absolute Gasteiger partial charge is 0.301 e. The molecule has 1 fully saturated rings. The van der Waals surface area contributed by atoms with Crippen molar-refractivity contribution in [2.45, 2.75) is 44.3 Å². The van der Waals surface area contributed by atoms with E-state index in [4.69, 9.17) is 11.5 Å². The number of halogens is 2. The van der Waals surface area contributed by atoms with E-state index in [1.54, 1.807) is 0 Å². The third-order valence-corrected chi connectivity index (χ3v) is 5.67. The number of nitrogens with two attached hydrogens (primary N) is 2. The molecule has 0 bridgehead atoms. The second-order valence-corrected chi connectivity index (χ2v) is 7.75. The summed E-state index contributed by atoms with van der Waals surface area (Å²) in [6.45, 7) is 0.584. The highest BCUT2D eigenvalue weighted by Crippen LogP contribution is 2.34. The number of benzene rings is 1. The van der Waals surface area contributed by atoms with Gasteiger partial charge in [-0.1, -0.05) is 6.07 Å². The minimum atomic E-state index is -1.39. The molecular weight excluding hydrogens is 382 g/mol. The van der Waals surface area contributed by atoms with Crippen molar-refractivity contribution >= 4 is 5.96 Å². The first-order chi connectivity index (χ1) is 13.8. The molecule has 3 rings (SSSR count). The maximum absolute atomic E-state index is 13.8. The Morgan fingerprint density at radius 3 is 2.55 bits per heavy atom. The van der Waals surface area contributed by atoms with Crippen LogP contribution in [-0.2, 0) is 6.54 Å². The van der Waals surface area contributed by atoms with Gasteiger partial charge >= 0.3 is 5.70 Å². The summed E-state index contributed by atoms with van der Waals surface area (Å²) in [5, 5.41) is 17.1. The van der Waals surface area contributed by atoms with Crippen molar-refractivity contribution in [3.8, 4) is 0 Å². The van der Waals surface area contributed by atoms with Crippen LogP contribution in [0.3, 0.4) is 0 Å². The van der Waals surface area contributed by atoms with Crippen LogP contribution in [0.25, 0.3) is 0 Å². The van der Waals surface area contributed by atoms with Gasteiger partial charge in [0.2, 0.25) is 0 Å². The summed E-state index contributed by atoms with van der Waals surface area (Å²) < 4.78 is 26.8. The maximum atomic E-state index is 13.8. The minimum absolute atomic E-state index is 0.0687. The van der Waals surface area contributed by atoms with Gasteiger partial charge in [0.25, 0.3) is 0 Å². The Morgan fingerprint density at radius 2 is 1.93 bits per heavy atom. The lowest BCUT2D eigenvalue weighted by Crippen LogP contribution is -2.64. The van der Waals surface area contributed by atoms with Crippen molar-refractivity contribution in [2.75, 3.05) is 6.54 Å². The first-order valence-corrected chi connectivity index (χ1v) is 9.68. The first-order valence-electron chi connectivity index (χ1n) is 9.68. The molecule has 158 valence electrons. The van der Waals surface area contributed by atoms with Gasteiger partial charge in [-0.3, -0.25) is 15.8 Å². The molecule has 1 aliphatic carbocycles. The lowest BCUT2D eigenvalue weighted by molar-refractivity contribution is -0.437. The highest BCUT2D eigenvalue weighted by Gasteiger charge is 2.44. The van der Waals surface area contributed by atoms with Gasteiger partial charge in [0, 0.05) is 11.6 Å². The molecule has 1 aromatic rings. The van der Waals surface area contributed by atoms with E-state index in [9.17, 15) is 18.9 Å². The average molecular weight is 408 g/mol. The summed E-state index contributed by atoms with van der Waals surface area (Å²) >= 11 is 0. The van der Waals surface area contributed by atoms with Crippen LogP contribution in [0.1, 0.15) is 37.7 Å². The van der Waals surface area contributed by atoms with Gasteiger partial charge in [0.15, 0.2) is 11.6 Å². The molecule has 2 aliphatic rings. The van der Waals surface area contributed by atoms with E-state index < -0.39 is 22.2 Å². The minimum Gasteiger partial charge on any atom is -0.330 e. The average Bonchev–Trinajstić information content (AvgIpc) is 2.67. The Morgan fingerprint density at radius 1 is 1.24 bits per heavy atom. The van der Waals surface area contributed by atoms with Gasteiger partial charge in [0.05, 0.1) is 17.7 Å². The van der Waals surface area contributed by atoms with E-state index >= 15 is 0 Å². The third kappa shape index (κ3) is 5.07. The largest absolute Gasteiger partial charge is 0.330 e. The van der Waals surface area contributed by atoms with Gasteiger partial charge < -0.3 is 16.4 Å². The van der Waals surface area contributed by atoms with Crippen LogP contribution >= 0.6 is 0 Å². The summed E-state index contributed by atoms with van der Waals surface area (Å²) in [5.41, 5.74) is 10.8. The lowest BCUT2D eigenvalue weighted by atomic mass is 9.77. The molecule has 10 heteroatoms. The normalized spacial score (nSPS) is 28.4. The molecule has 8 nitrogen and oxygen atoms in total. The molecule has 1 aromatic carbocycles. The van der Waals surface area contributed by atoms with Crippen molar-refractivity contribution in [1.29, 1.82) is 0 Å². The number of nitrogens with zero attached hydrogens (tertiary/aromatic N) is 2. The van der Waals surface area contributed by atoms with E-state index in [2.05, 4.69) is 15.6 Å². The Hall–Kier alpha value is -2.59. The predicted octanol–water partition coefficient (Wildman–Crippen LogP) is 1.94. The van der Waals surface area contributed by atoms with Crippen LogP contribution in [0.4, 0.5) is 8.78 Å². The van der Waals surface area contributed by atoms with E-state index in [1.165, 1.54) is 12.3 Å². The zero-order valence-electron chi connectivity index (χ0n) is 16.0. The van der Waals surface area contributed by atoms with Crippen molar-refractivity contribution in [2.24, 2.45) is 28.3 Å². The second kappa shape index (κ2) is 8.83. The number of nitro groups is 1. The molecule has 0 amide bonds. The molecule has 1 heterocycles. The standard InChI is InChI=1S/C19H26F2N6O2/c20-15-6-5-14(16(21)7-15)10-24-18-25-11-17(27(28)29)19(23,26-18)8-12-1-3-13(9-22)4-2-12/h5-7,11-13H,1-4,8-10,22-23H2,(H2,24,25,26). The predicted molar refractivity (Wildman–Crippen MR) is 105 cm³/mol. The molecule has 0 saturated heterocycles. The SMILES string of the molecule is NCC1CCC(CC2(N)NC(=NCc3ccc(F)cc3F)NC=C2[N+](=O)[O-])CC1. The summed E-state index contributed by atoms with van der Waals surface area (Å²) in [6.07, 6.45) is 5.39. The number of aliphatic imine (C=N–C) groups is 1. The fourth-order valence-electron chi connectivity index (χ4n) is 3.97. The summed E-state index contributed by atoms with van der Waals surface area (Å²) in [5.74, 6) is -0.446. The molecular formula is C19H26F2N6O2. The Labute approximate surface area is 167 Å². The highest BCUT2D eigenvalue weighted by molar-refractivity contribution is 5.83. The molecule has 0 aromatic heterocycles. The quantitative estimate of drug-likeness (QED) is 0.420. The van der Waals surface area contributed by atoms with Crippen LogP contribution < -0.4 is 22.1 Å². The molecule has 1 unspecified atom stereocenters. The van der Waals surface area contributed by atoms with Crippen molar-refractivity contribution < 1.29 is 13.7 Å². The number of guanidine groups is 1. The summed E-state index contributed by atoms with van der Waals surface area (Å²) in [7, 11) is 0. The fourth-order valence-corrected chi connectivity index (χ4v) is 3.97. The van der Waals surface area contributed by atoms with Gasteiger partial charge in [-0.25, -0.2) is 13.8 Å². The number of hydrogen-bond donors (Lipinski definition) is 4. The van der Waals surface area contributed by atoms with Crippen LogP contribution in [-0.4, -0.2) is 23.1 Å².